The van der Waals surface area contributed by atoms with Crippen molar-refractivity contribution in [1.29, 1.82) is 5.26 Å². The van der Waals surface area contributed by atoms with Crippen LogP contribution < -0.4 is 16.0 Å². The average molecular weight is 299 g/mol. The van der Waals surface area contributed by atoms with E-state index in [9.17, 15) is 9.59 Å². The molecule has 0 aliphatic heterocycles. The SMILES string of the molecule is CCn1cc(C#N)c(=O)n(CCOc2cccc(C)c2)c1=O. The summed E-state index contributed by atoms with van der Waals surface area (Å²) >= 11 is 0. The van der Waals surface area contributed by atoms with Gasteiger partial charge in [0.2, 0.25) is 0 Å². The third-order valence-corrected chi connectivity index (χ3v) is 3.27. The zero-order valence-corrected chi connectivity index (χ0v) is 12.6. The summed E-state index contributed by atoms with van der Waals surface area (Å²) in [5.41, 5.74) is 0.0101. The van der Waals surface area contributed by atoms with Crippen LogP contribution in [0.2, 0.25) is 0 Å². The molecule has 0 amide bonds. The predicted octanol–water partition coefficient (Wildman–Crippen LogP) is 1.29. The van der Waals surface area contributed by atoms with Gasteiger partial charge in [0.1, 0.15) is 24.0 Å². The molecule has 0 radical (unpaired) electrons. The lowest BCUT2D eigenvalue weighted by molar-refractivity contribution is 0.291. The van der Waals surface area contributed by atoms with Gasteiger partial charge >= 0.3 is 5.69 Å². The molecule has 22 heavy (non-hydrogen) atoms. The first kappa shape index (κ1) is 15.6. The van der Waals surface area contributed by atoms with Crippen LogP contribution in [0.15, 0.2) is 40.1 Å². The molecule has 0 atom stereocenters. The van der Waals surface area contributed by atoms with E-state index in [1.54, 1.807) is 6.92 Å². The predicted molar refractivity (Wildman–Crippen MR) is 82.0 cm³/mol. The highest BCUT2D eigenvalue weighted by Crippen LogP contribution is 2.11. The van der Waals surface area contributed by atoms with Gasteiger partial charge in [-0.1, -0.05) is 12.1 Å². The summed E-state index contributed by atoms with van der Waals surface area (Å²) < 4.78 is 7.94. The standard InChI is InChI=1S/C16H17N3O3/c1-3-18-11-13(10-17)15(20)19(16(18)21)7-8-22-14-6-4-5-12(2)9-14/h4-6,9,11H,3,7-8H2,1-2H3. The summed E-state index contributed by atoms with van der Waals surface area (Å²) in [5.74, 6) is 0.681. The summed E-state index contributed by atoms with van der Waals surface area (Å²) in [6, 6.07) is 9.33. The third-order valence-electron chi connectivity index (χ3n) is 3.27. The molecule has 0 unspecified atom stereocenters. The quantitative estimate of drug-likeness (QED) is 0.833. The van der Waals surface area contributed by atoms with Crippen molar-refractivity contribution in [3.63, 3.8) is 0 Å². The Hall–Kier alpha value is -2.81. The maximum Gasteiger partial charge on any atom is 0.331 e. The molecule has 0 saturated heterocycles. The van der Waals surface area contributed by atoms with Crippen LogP contribution in [0.4, 0.5) is 0 Å². The average Bonchev–Trinajstić information content (AvgIpc) is 2.51. The Bertz CT molecular complexity index is 828. The van der Waals surface area contributed by atoms with Gasteiger partial charge in [-0.15, -0.1) is 0 Å². The number of aromatic nitrogens is 2. The Morgan fingerprint density at radius 1 is 1.32 bits per heavy atom. The number of nitrogens with zero attached hydrogens (tertiary/aromatic N) is 3. The van der Waals surface area contributed by atoms with E-state index in [-0.39, 0.29) is 18.7 Å². The van der Waals surface area contributed by atoms with Crippen LogP contribution in [-0.4, -0.2) is 15.7 Å². The highest BCUT2D eigenvalue weighted by atomic mass is 16.5. The summed E-state index contributed by atoms with van der Waals surface area (Å²) in [4.78, 5) is 24.2. The molecule has 0 saturated carbocycles. The van der Waals surface area contributed by atoms with E-state index in [0.717, 1.165) is 10.1 Å². The number of hydrogen-bond donors (Lipinski definition) is 0. The number of rotatable bonds is 5. The molecular formula is C16H17N3O3. The summed E-state index contributed by atoms with van der Waals surface area (Å²) in [6.07, 6.45) is 1.29. The maximum absolute atomic E-state index is 12.1. The molecule has 0 N–H and O–H groups in total. The smallest absolute Gasteiger partial charge is 0.331 e. The van der Waals surface area contributed by atoms with Crippen LogP contribution >= 0.6 is 0 Å². The molecule has 2 aromatic rings. The summed E-state index contributed by atoms with van der Waals surface area (Å²) in [5, 5.41) is 8.98. The van der Waals surface area contributed by atoms with Gasteiger partial charge in [-0.2, -0.15) is 5.26 Å². The fourth-order valence-electron chi connectivity index (χ4n) is 2.11. The lowest BCUT2D eigenvalue weighted by Gasteiger charge is -2.10. The molecule has 114 valence electrons. The topological polar surface area (TPSA) is 77.0 Å². The van der Waals surface area contributed by atoms with Gasteiger partial charge < -0.3 is 4.74 Å². The molecule has 1 aromatic carbocycles. The molecule has 6 heteroatoms. The van der Waals surface area contributed by atoms with Crippen LogP contribution in [0, 0.1) is 18.3 Å². The first-order valence-electron chi connectivity index (χ1n) is 7.00. The summed E-state index contributed by atoms with van der Waals surface area (Å²) in [6.45, 7) is 4.40. The monoisotopic (exact) mass is 299 g/mol. The first-order chi connectivity index (χ1) is 10.6. The minimum Gasteiger partial charge on any atom is -0.492 e. The molecule has 0 aliphatic rings. The highest BCUT2D eigenvalue weighted by molar-refractivity contribution is 5.27. The maximum atomic E-state index is 12.1. The zero-order valence-electron chi connectivity index (χ0n) is 12.6. The summed E-state index contributed by atoms with van der Waals surface area (Å²) in [7, 11) is 0. The Balaban J connectivity index is 2.21. The van der Waals surface area contributed by atoms with E-state index in [1.165, 1.54) is 10.8 Å². The Labute approximate surface area is 127 Å². The molecule has 2 rings (SSSR count). The number of nitriles is 1. The van der Waals surface area contributed by atoms with Crippen LogP contribution in [0.5, 0.6) is 5.75 Å². The van der Waals surface area contributed by atoms with E-state index < -0.39 is 11.2 Å². The fraction of sp³-hybridized carbons (Fsp3) is 0.312. The number of benzene rings is 1. The van der Waals surface area contributed by atoms with Crippen molar-refractivity contribution in [1.82, 2.24) is 9.13 Å². The normalized spacial score (nSPS) is 10.2. The van der Waals surface area contributed by atoms with E-state index >= 15 is 0 Å². The number of aryl methyl sites for hydroxylation is 2. The van der Waals surface area contributed by atoms with E-state index in [4.69, 9.17) is 10.00 Å². The molecule has 0 bridgehead atoms. The molecule has 1 heterocycles. The van der Waals surface area contributed by atoms with Gasteiger partial charge in [-0.3, -0.25) is 13.9 Å². The molecule has 0 spiro atoms. The molecule has 0 aliphatic carbocycles. The largest absolute Gasteiger partial charge is 0.492 e. The second-order valence-corrected chi connectivity index (χ2v) is 4.84. The van der Waals surface area contributed by atoms with Gasteiger partial charge in [0.25, 0.3) is 5.56 Å². The van der Waals surface area contributed by atoms with Crippen molar-refractivity contribution in [3.8, 4) is 11.8 Å². The minimum absolute atomic E-state index is 0.0444. The van der Waals surface area contributed by atoms with E-state index in [1.807, 2.05) is 37.3 Å². The lowest BCUT2D eigenvalue weighted by atomic mass is 10.2. The van der Waals surface area contributed by atoms with Crippen molar-refractivity contribution < 1.29 is 4.74 Å². The second kappa shape index (κ2) is 6.76. The van der Waals surface area contributed by atoms with Crippen molar-refractivity contribution in [3.05, 3.63) is 62.4 Å². The lowest BCUT2D eigenvalue weighted by Crippen LogP contribution is -2.41. The van der Waals surface area contributed by atoms with Crippen LogP contribution in [0.1, 0.15) is 18.1 Å². The van der Waals surface area contributed by atoms with Gasteiger partial charge in [0, 0.05) is 12.7 Å². The van der Waals surface area contributed by atoms with Gasteiger partial charge in [0.15, 0.2) is 0 Å². The fourth-order valence-corrected chi connectivity index (χ4v) is 2.11. The van der Waals surface area contributed by atoms with Gasteiger partial charge in [-0.05, 0) is 31.5 Å². The second-order valence-electron chi connectivity index (χ2n) is 4.84. The number of ether oxygens (including phenoxy) is 1. The minimum atomic E-state index is -0.579. The van der Waals surface area contributed by atoms with Crippen molar-refractivity contribution in [2.24, 2.45) is 0 Å². The molecule has 1 aromatic heterocycles. The molecule has 0 fully saturated rings. The Morgan fingerprint density at radius 3 is 2.73 bits per heavy atom. The van der Waals surface area contributed by atoms with Crippen LogP contribution in [0.3, 0.4) is 0 Å². The van der Waals surface area contributed by atoms with Gasteiger partial charge in [0.05, 0.1) is 6.54 Å². The highest BCUT2D eigenvalue weighted by Gasteiger charge is 2.10. The number of hydrogen-bond acceptors (Lipinski definition) is 4. The third kappa shape index (κ3) is 3.26. The Morgan fingerprint density at radius 2 is 2.09 bits per heavy atom. The Kier molecular flexibility index (Phi) is 4.79. The van der Waals surface area contributed by atoms with Crippen molar-refractivity contribution >= 4 is 0 Å². The van der Waals surface area contributed by atoms with E-state index in [2.05, 4.69) is 0 Å². The van der Waals surface area contributed by atoms with E-state index in [0.29, 0.717) is 12.3 Å². The molecule has 6 nitrogen and oxygen atoms in total. The molecular weight excluding hydrogens is 282 g/mol. The van der Waals surface area contributed by atoms with Crippen molar-refractivity contribution in [2.75, 3.05) is 6.61 Å². The van der Waals surface area contributed by atoms with Crippen LogP contribution in [0.25, 0.3) is 0 Å². The first-order valence-corrected chi connectivity index (χ1v) is 7.00. The van der Waals surface area contributed by atoms with Crippen molar-refractivity contribution in [2.45, 2.75) is 26.9 Å². The zero-order chi connectivity index (χ0) is 16.1. The van der Waals surface area contributed by atoms with Crippen LogP contribution in [-0.2, 0) is 13.1 Å². The van der Waals surface area contributed by atoms with Gasteiger partial charge in [-0.25, -0.2) is 4.79 Å².